The van der Waals surface area contributed by atoms with Gasteiger partial charge >= 0.3 is 0 Å². The molecular weight excluding hydrogens is 368 g/mol. The molecule has 10 atom stereocenters. The van der Waals surface area contributed by atoms with E-state index in [1.165, 1.54) is 25.7 Å². The molecule has 0 saturated heterocycles. The van der Waals surface area contributed by atoms with Crippen LogP contribution in [0.25, 0.3) is 0 Å². The maximum absolute atomic E-state index is 13.8. The molecule has 4 aliphatic carbocycles. The van der Waals surface area contributed by atoms with Crippen LogP contribution in [0.4, 0.5) is 0 Å². The van der Waals surface area contributed by atoms with E-state index >= 15 is 0 Å². The van der Waals surface area contributed by atoms with Gasteiger partial charge in [-0.1, -0.05) is 53.7 Å². The van der Waals surface area contributed by atoms with Crippen molar-refractivity contribution in [3.05, 3.63) is 12.2 Å². The first-order chi connectivity index (χ1) is 14.1. The molecule has 0 unspecified atom stereocenters. The van der Waals surface area contributed by atoms with Crippen molar-refractivity contribution in [1.29, 1.82) is 0 Å². The molecule has 0 amide bonds. The molecule has 1 N–H and O–H groups in total. The van der Waals surface area contributed by atoms with Gasteiger partial charge in [-0.2, -0.15) is 0 Å². The van der Waals surface area contributed by atoms with E-state index in [9.17, 15) is 9.90 Å². The summed E-state index contributed by atoms with van der Waals surface area (Å²) in [4.78, 5) is 13.8. The highest BCUT2D eigenvalue weighted by Gasteiger charge is 2.63. The van der Waals surface area contributed by atoms with Crippen molar-refractivity contribution >= 4 is 5.78 Å². The largest absolute Gasteiger partial charge is 0.393 e. The van der Waals surface area contributed by atoms with Gasteiger partial charge in [0.05, 0.1) is 6.10 Å². The lowest BCUT2D eigenvalue weighted by Gasteiger charge is -2.60. The van der Waals surface area contributed by atoms with Gasteiger partial charge < -0.3 is 5.11 Å². The van der Waals surface area contributed by atoms with Gasteiger partial charge in [0.2, 0.25) is 0 Å². The molecule has 30 heavy (non-hydrogen) atoms. The predicted octanol–water partition coefficient (Wildman–Crippen LogP) is 6.67. The topological polar surface area (TPSA) is 37.3 Å². The maximum atomic E-state index is 13.8. The fourth-order valence-corrected chi connectivity index (χ4v) is 8.66. The Morgan fingerprint density at radius 2 is 1.70 bits per heavy atom. The minimum Gasteiger partial charge on any atom is -0.393 e. The second kappa shape index (κ2) is 8.05. The van der Waals surface area contributed by atoms with E-state index in [0.717, 1.165) is 25.7 Å². The Hall–Kier alpha value is -0.630. The summed E-state index contributed by atoms with van der Waals surface area (Å²) in [7, 11) is 0. The standard InChI is InChI=1S/C28H46O2/c1-17(2)18(3)7-8-19(4)23-11-12-24-22-10-9-20-15-21(29)13-14-27(20,5)26(22)25(30)16-28(23,24)6/h7-8,17-24,26,29H,9-16H2,1-6H3/t18-,19+,20-,21-,22-,23+,24-,26+,27-,28+/m0/s1. The van der Waals surface area contributed by atoms with Crippen LogP contribution in [0.2, 0.25) is 0 Å². The van der Waals surface area contributed by atoms with E-state index in [2.05, 4.69) is 53.7 Å². The summed E-state index contributed by atoms with van der Waals surface area (Å²) in [5, 5.41) is 10.2. The zero-order valence-electron chi connectivity index (χ0n) is 20.4. The molecule has 0 bridgehead atoms. The first-order valence-corrected chi connectivity index (χ1v) is 13.0. The Balaban J connectivity index is 1.56. The number of allylic oxidation sites excluding steroid dienone is 2. The third kappa shape index (κ3) is 3.54. The summed E-state index contributed by atoms with van der Waals surface area (Å²) in [6, 6.07) is 0. The molecular formula is C28H46O2. The van der Waals surface area contributed by atoms with Crippen molar-refractivity contribution in [3.63, 3.8) is 0 Å². The number of fused-ring (bicyclic) bond motifs is 5. The van der Waals surface area contributed by atoms with Gasteiger partial charge in [0.1, 0.15) is 5.78 Å². The quantitative estimate of drug-likeness (QED) is 0.522. The van der Waals surface area contributed by atoms with Crippen molar-refractivity contribution in [3.8, 4) is 0 Å². The lowest BCUT2D eigenvalue weighted by atomic mass is 9.44. The summed E-state index contributed by atoms with van der Waals surface area (Å²) >= 11 is 0. The number of Topliss-reactive ketones (excluding diaryl/α,β-unsaturated/α-hetero) is 1. The number of hydrogen-bond donors (Lipinski definition) is 1. The lowest BCUT2D eigenvalue weighted by molar-refractivity contribution is -0.162. The molecule has 0 aromatic heterocycles. The Kier molecular flexibility index (Phi) is 6.06. The molecule has 4 rings (SSSR count). The van der Waals surface area contributed by atoms with Gasteiger partial charge in [-0.3, -0.25) is 4.79 Å². The second-order valence-corrected chi connectivity index (χ2v) is 12.6. The molecule has 0 aromatic rings. The number of ketones is 1. The number of carbonyl (C=O) groups is 1. The van der Waals surface area contributed by atoms with Gasteiger partial charge in [0.25, 0.3) is 0 Å². The number of aliphatic hydroxyl groups is 1. The second-order valence-electron chi connectivity index (χ2n) is 12.6. The molecule has 0 spiro atoms. The van der Waals surface area contributed by atoms with Gasteiger partial charge in [-0.15, -0.1) is 0 Å². The maximum Gasteiger partial charge on any atom is 0.137 e. The third-order valence-electron chi connectivity index (χ3n) is 10.8. The van der Waals surface area contributed by atoms with Crippen LogP contribution >= 0.6 is 0 Å². The summed E-state index contributed by atoms with van der Waals surface area (Å²) in [6.07, 6.45) is 13.5. The molecule has 0 aromatic carbocycles. The van der Waals surface area contributed by atoms with Crippen LogP contribution in [-0.4, -0.2) is 17.0 Å². The predicted molar refractivity (Wildman–Crippen MR) is 124 cm³/mol. The molecule has 4 fully saturated rings. The number of carbonyl (C=O) groups excluding carboxylic acids is 1. The van der Waals surface area contributed by atoms with E-state index in [4.69, 9.17) is 0 Å². The van der Waals surface area contributed by atoms with Crippen LogP contribution in [0.5, 0.6) is 0 Å². The van der Waals surface area contributed by atoms with E-state index in [0.29, 0.717) is 47.2 Å². The van der Waals surface area contributed by atoms with E-state index < -0.39 is 0 Å². The van der Waals surface area contributed by atoms with E-state index in [1.54, 1.807) is 0 Å². The minimum atomic E-state index is -0.139. The number of rotatable bonds is 4. The smallest absolute Gasteiger partial charge is 0.137 e. The fourth-order valence-electron chi connectivity index (χ4n) is 8.66. The van der Waals surface area contributed by atoms with E-state index in [1.807, 2.05) is 0 Å². The van der Waals surface area contributed by atoms with Crippen molar-refractivity contribution in [2.24, 2.45) is 58.2 Å². The van der Waals surface area contributed by atoms with Crippen LogP contribution < -0.4 is 0 Å². The molecule has 2 nitrogen and oxygen atoms in total. The van der Waals surface area contributed by atoms with Crippen molar-refractivity contribution in [2.75, 3.05) is 0 Å². The zero-order chi connectivity index (χ0) is 21.8. The van der Waals surface area contributed by atoms with Gasteiger partial charge in [0.15, 0.2) is 0 Å². The summed E-state index contributed by atoms with van der Waals surface area (Å²) < 4.78 is 0. The zero-order valence-corrected chi connectivity index (χ0v) is 20.4. The normalized spacial score (nSPS) is 48.3. The van der Waals surface area contributed by atoms with Gasteiger partial charge in [0, 0.05) is 12.3 Å². The monoisotopic (exact) mass is 414 g/mol. The molecule has 0 aliphatic heterocycles. The number of hydrogen-bond acceptors (Lipinski definition) is 2. The highest BCUT2D eigenvalue weighted by molar-refractivity contribution is 5.84. The first-order valence-electron chi connectivity index (χ1n) is 13.0. The molecule has 0 heterocycles. The Bertz CT molecular complexity index is 680. The van der Waals surface area contributed by atoms with Gasteiger partial charge in [-0.25, -0.2) is 0 Å². The molecule has 4 saturated carbocycles. The Morgan fingerprint density at radius 1 is 0.967 bits per heavy atom. The van der Waals surface area contributed by atoms with Crippen LogP contribution in [-0.2, 0) is 4.79 Å². The highest BCUT2D eigenvalue weighted by Crippen LogP contribution is 2.67. The third-order valence-corrected chi connectivity index (χ3v) is 10.8. The highest BCUT2D eigenvalue weighted by atomic mass is 16.3. The fraction of sp³-hybridized carbons (Fsp3) is 0.893. The Labute approximate surface area is 185 Å². The lowest BCUT2D eigenvalue weighted by Crippen LogP contribution is -2.57. The van der Waals surface area contributed by atoms with Crippen LogP contribution in [0, 0.1) is 58.2 Å². The van der Waals surface area contributed by atoms with Crippen LogP contribution in [0.15, 0.2) is 12.2 Å². The summed E-state index contributed by atoms with van der Waals surface area (Å²) in [5.41, 5.74) is 0.317. The SMILES string of the molecule is CC(C)[C@@H](C)C=C[C@@H](C)[C@H]1CC[C@H]2[C@@H]3CC[C@H]4C[C@@H](O)CC[C@]4(C)[C@H]3C(=O)C[C@]12C. The van der Waals surface area contributed by atoms with Crippen LogP contribution in [0.1, 0.15) is 92.9 Å². The molecule has 0 radical (unpaired) electrons. The minimum absolute atomic E-state index is 0.136. The number of aliphatic hydroxyl groups excluding tert-OH is 1. The van der Waals surface area contributed by atoms with Crippen molar-refractivity contribution < 1.29 is 9.90 Å². The first kappa shape index (κ1) is 22.6. The van der Waals surface area contributed by atoms with Crippen LogP contribution in [0.3, 0.4) is 0 Å². The molecule has 2 heteroatoms. The average molecular weight is 415 g/mol. The average Bonchev–Trinajstić information content (AvgIpc) is 3.02. The molecule has 170 valence electrons. The summed E-state index contributed by atoms with van der Waals surface area (Å²) in [6.45, 7) is 14.2. The summed E-state index contributed by atoms with van der Waals surface area (Å²) in [5.74, 6) is 5.18. The van der Waals surface area contributed by atoms with Gasteiger partial charge in [-0.05, 0) is 97.2 Å². The van der Waals surface area contributed by atoms with Crippen molar-refractivity contribution in [2.45, 2.75) is 99.0 Å². The Morgan fingerprint density at radius 3 is 2.40 bits per heavy atom. The van der Waals surface area contributed by atoms with Crippen molar-refractivity contribution in [1.82, 2.24) is 0 Å². The van der Waals surface area contributed by atoms with E-state index in [-0.39, 0.29) is 22.9 Å². The molecule has 4 aliphatic rings.